The number of halogens is 1. The lowest BCUT2D eigenvalue weighted by Crippen LogP contribution is -2.56. The molecule has 0 radical (unpaired) electrons. The van der Waals surface area contributed by atoms with Crippen LogP contribution in [0, 0.1) is 0 Å². The number of nitrogens with one attached hydrogen (secondary N) is 2. The van der Waals surface area contributed by atoms with Crippen LogP contribution in [0.2, 0.25) is 5.15 Å². The highest BCUT2D eigenvalue weighted by molar-refractivity contribution is 7.99. The number of rotatable bonds is 10. The number of aromatic nitrogens is 2. The Balaban J connectivity index is 1.46. The van der Waals surface area contributed by atoms with Crippen LogP contribution in [-0.4, -0.2) is 95.9 Å². The summed E-state index contributed by atoms with van der Waals surface area (Å²) in [5.74, 6) is 0.955. The summed E-state index contributed by atoms with van der Waals surface area (Å²) in [6.45, 7) is 10.6. The topological polar surface area (TPSA) is 93.7 Å². The summed E-state index contributed by atoms with van der Waals surface area (Å²) in [4.78, 5) is 40.0. The lowest BCUT2D eigenvalue weighted by atomic mass is 10.1. The summed E-state index contributed by atoms with van der Waals surface area (Å²) < 4.78 is 0. The second-order valence-corrected chi connectivity index (χ2v) is 10.3. The second kappa shape index (κ2) is 13.9. The van der Waals surface area contributed by atoms with Crippen LogP contribution in [0.1, 0.15) is 46.0 Å². The molecule has 0 saturated carbocycles. The summed E-state index contributed by atoms with van der Waals surface area (Å²) in [5.41, 5.74) is 0. The molecule has 9 nitrogen and oxygen atoms in total. The van der Waals surface area contributed by atoms with Gasteiger partial charge in [-0.3, -0.25) is 4.79 Å². The number of piperidine rings is 1. The van der Waals surface area contributed by atoms with E-state index in [0.29, 0.717) is 43.0 Å². The summed E-state index contributed by atoms with van der Waals surface area (Å²) >= 11 is 7.56. The van der Waals surface area contributed by atoms with E-state index in [0.717, 1.165) is 38.3 Å². The minimum atomic E-state index is -0.0246. The van der Waals surface area contributed by atoms with Crippen molar-refractivity contribution in [3.05, 3.63) is 11.2 Å². The first kappa shape index (κ1) is 26.8. The molecule has 2 aliphatic rings. The van der Waals surface area contributed by atoms with E-state index in [4.69, 9.17) is 11.6 Å². The van der Waals surface area contributed by atoms with E-state index in [1.165, 1.54) is 31.0 Å². The molecule has 11 heteroatoms. The number of unbranched alkanes of at least 4 members (excludes halogenated alkanes) is 1. The van der Waals surface area contributed by atoms with Gasteiger partial charge >= 0.3 is 6.03 Å². The van der Waals surface area contributed by atoms with E-state index < -0.39 is 0 Å². The van der Waals surface area contributed by atoms with Gasteiger partial charge in [-0.25, -0.2) is 14.8 Å². The van der Waals surface area contributed by atoms with E-state index in [9.17, 15) is 9.59 Å². The number of carbonyl (C=O) groups excluding carboxylic acids is 2. The summed E-state index contributed by atoms with van der Waals surface area (Å²) in [6.07, 6.45) is 5.84. The first-order valence-electron chi connectivity index (χ1n) is 12.4. The Morgan fingerprint density at radius 1 is 1.12 bits per heavy atom. The number of amides is 3. The molecular formula is C23H38ClN7O2S. The predicted molar refractivity (Wildman–Crippen MR) is 138 cm³/mol. The summed E-state index contributed by atoms with van der Waals surface area (Å²) in [6, 6.07) is 1.78. The Bertz CT molecular complexity index is 810. The fourth-order valence-electron chi connectivity index (χ4n) is 4.27. The molecule has 0 aromatic carbocycles. The number of anilines is 1. The predicted octanol–water partition coefficient (Wildman–Crippen LogP) is 2.84. The van der Waals surface area contributed by atoms with Crippen LogP contribution in [0.15, 0.2) is 11.2 Å². The maximum Gasteiger partial charge on any atom is 0.317 e. The fraction of sp³-hybridized carbons (Fsp3) is 0.739. The van der Waals surface area contributed by atoms with Crippen LogP contribution in [0.5, 0.6) is 0 Å². The average Bonchev–Trinajstić information content (AvgIpc) is 2.83. The number of piperazine rings is 1. The minimum Gasteiger partial charge on any atom is -0.354 e. The minimum absolute atomic E-state index is 0.0103. The van der Waals surface area contributed by atoms with Gasteiger partial charge in [0, 0.05) is 51.4 Å². The van der Waals surface area contributed by atoms with Crippen molar-refractivity contribution in [3.8, 4) is 0 Å². The highest BCUT2D eigenvalue weighted by atomic mass is 35.5. The Kier molecular flexibility index (Phi) is 11.0. The molecule has 34 heavy (non-hydrogen) atoms. The fourth-order valence-corrected chi connectivity index (χ4v) is 5.18. The highest BCUT2D eigenvalue weighted by Crippen LogP contribution is 2.24. The molecule has 1 unspecified atom stereocenters. The van der Waals surface area contributed by atoms with Crippen molar-refractivity contribution in [1.29, 1.82) is 0 Å². The van der Waals surface area contributed by atoms with Crippen molar-refractivity contribution in [2.75, 3.05) is 63.0 Å². The standard InChI is InChI=1S/C23H38ClN7O2S/c1-3-4-8-26-23(33)31-14-13-30(16-18(31)2)20-15-19(24)27-22(28-20)34-17-21(32)25-9-12-29-10-6-5-7-11-29/h15,18H,3-14,16-17H2,1-2H3,(H,25,32)(H,26,33). The van der Waals surface area contributed by atoms with E-state index in [2.05, 4.69) is 37.3 Å². The lowest BCUT2D eigenvalue weighted by Gasteiger charge is -2.40. The molecule has 190 valence electrons. The second-order valence-electron chi connectivity index (χ2n) is 8.95. The number of carbonyl (C=O) groups is 2. The molecule has 1 atom stereocenters. The van der Waals surface area contributed by atoms with Crippen LogP contribution in [0.3, 0.4) is 0 Å². The number of hydrogen-bond donors (Lipinski definition) is 2. The van der Waals surface area contributed by atoms with Gasteiger partial charge in [0.1, 0.15) is 11.0 Å². The van der Waals surface area contributed by atoms with Crippen molar-refractivity contribution in [3.63, 3.8) is 0 Å². The van der Waals surface area contributed by atoms with Crippen molar-refractivity contribution < 1.29 is 9.59 Å². The van der Waals surface area contributed by atoms with Crippen LogP contribution in [0.4, 0.5) is 10.6 Å². The zero-order valence-electron chi connectivity index (χ0n) is 20.4. The third-order valence-electron chi connectivity index (χ3n) is 6.21. The Labute approximate surface area is 212 Å². The summed E-state index contributed by atoms with van der Waals surface area (Å²) in [7, 11) is 0. The zero-order chi connectivity index (χ0) is 24.3. The maximum absolute atomic E-state index is 12.5. The van der Waals surface area contributed by atoms with Crippen molar-refractivity contribution in [2.24, 2.45) is 0 Å². The average molecular weight is 512 g/mol. The van der Waals surface area contributed by atoms with Crippen molar-refractivity contribution >= 4 is 41.1 Å². The smallest absolute Gasteiger partial charge is 0.317 e. The molecule has 3 amide bonds. The Hall–Kier alpha value is -1.78. The van der Waals surface area contributed by atoms with Crippen LogP contribution < -0.4 is 15.5 Å². The first-order valence-corrected chi connectivity index (χ1v) is 13.8. The van der Waals surface area contributed by atoms with Gasteiger partial charge in [0.2, 0.25) is 5.91 Å². The Morgan fingerprint density at radius 3 is 2.65 bits per heavy atom. The van der Waals surface area contributed by atoms with Crippen LogP contribution in [-0.2, 0) is 4.79 Å². The van der Waals surface area contributed by atoms with Gasteiger partial charge in [0.25, 0.3) is 0 Å². The number of urea groups is 1. The van der Waals surface area contributed by atoms with Crippen LogP contribution >= 0.6 is 23.4 Å². The monoisotopic (exact) mass is 511 g/mol. The third-order valence-corrected chi connectivity index (χ3v) is 7.25. The number of hydrogen-bond acceptors (Lipinski definition) is 7. The van der Waals surface area contributed by atoms with Gasteiger partial charge in [0.15, 0.2) is 5.16 Å². The molecule has 1 aromatic rings. The molecule has 1 aromatic heterocycles. The summed E-state index contributed by atoms with van der Waals surface area (Å²) in [5, 5.41) is 6.82. The van der Waals surface area contributed by atoms with Crippen LogP contribution in [0.25, 0.3) is 0 Å². The van der Waals surface area contributed by atoms with Gasteiger partial charge in [-0.1, -0.05) is 43.1 Å². The van der Waals surface area contributed by atoms with Crippen molar-refractivity contribution in [2.45, 2.75) is 57.1 Å². The normalized spacial score (nSPS) is 19.2. The molecule has 2 N–H and O–H groups in total. The molecule has 0 bridgehead atoms. The molecule has 2 saturated heterocycles. The highest BCUT2D eigenvalue weighted by Gasteiger charge is 2.28. The molecule has 0 spiro atoms. The van der Waals surface area contributed by atoms with E-state index in [1.54, 1.807) is 6.07 Å². The van der Waals surface area contributed by atoms with E-state index >= 15 is 0 Å². The van der Waals surface area contributed by atoms with E-state index in [1.807, 2.05) is 11.8 Å². The van der Waals surface area contributed by atoms with Crippen molar-refractivity contribution in [1.82, 2.24) is 30.4 Å². The van der Waals surface area contributed by atoms with Gasteiger partial charge in [0.05, 0.1) is 5.75 Å². The van der Waals surface area contributed by atoms with Gasteiger partial charge in [-0.2, -0.15) is 0 Å². The molecular weight excluding hydrogens is 474 g/mol. The third kappa shape index (κ3) is 8.46. The first-order chi connectivity index (χ1) is 16.5. The number of likely N-dealkylation sites (tertiary alicyclic amines) is 1. The quantitative estimate of drug-likeness (QED) is 0.216. The molecule has 3 rings (SSSR count). The van der Waals surface area contributed by atoms with Gasteiger partial charge < -0.3 is 25.3 Å². The largest absolute Gasteiger partial charge is 0.354 e. The number of thioether (sulfide) groups is 1. The molecule has 2 aliphatic heterocycles. The Morgan fingerprint density at radius 2 is 1.91 bits per heavy atom. The molecule has 3 heterocycles. The van der Waals surface area contributed by atoms with Gasteiger partial charge in [-0.15, -0.1) is 0 Å². The molecule has 2 fully saturated rings. The zero-order valence-corrected chi connectivity index (χ0v) is 22.0. The number of nitrogens with zero attached hydrogens (tertiary/aromatic N) is 5. The maximum atomic E-state index is 12.5. The lowest BCUT2D eigenvalue weighted by molar-refractivity contribution is -0.118. The molecule has 0 aliphatic carbocycles. The van der Waals surface area contributed by atoms with Gasteiger partial charge in [-0.05, 0) is 39.3 Å². The van der Waals surface area contributed by atoms with E-state index in [-0.39, 0.29) is 23.7 Å². The SMILES string of the molecule is CCCCNC(=O)N1CCN(c2cc(Cl)nc(SCC(=O)NCCN3CCCCC3)n2)CC1C.